The van der Waals surface area contributed by atoms with Crippen molar-refractivity contribution in [3.8, 4) is 0 Å². The van der Waals surface area contributed by atoms with Crippen LogP contribution in [0.25, 0.3) is 0 Å². The maximum absolute atomic E-state index is 5.70. The Labute approximate surface area is 81.9 Å². The van der Waals surface area contributed by atoms with Crippen molar-refractivity contribution < 1.29 is 0 Å². The largest absolute Gasteiger partial charge is 0.397 e. The second kappa shape index (κ2) is 3.11. The van der Waals surface area contributed by atoms with Crippen LogP contribution in [-0.2, 0) is 0 Å². The number of hydrogen-bond acceptors (Lipinski definition) is 2. The van der Waals surface area contributed by atoms with E-state index in [0.29, 0.717) is 15.9 Å². The molecule has 0 saturated heterocycles. The van der Waals surface area contributed by atoms with Crippen LogP contribution >= 0.6 is 45.8 Å². The van der Waals surface area contributed by atoms with Crippen LogP contribution in [0.2, 0.25) is 10.2 Å². The summed E-state index contributed by atoms with van der Waals surface area (Å²) in [7, 11) is 0. The SMILES string of the molecule is Nc1cnc(Cl)c(Cl)c1I. The molecule has 0 aliphatic rings. The van der Waals surface area contributed by atoms with Crippen molar-refractivity contribution in [1.29, 1.82) is 0 Å². The van der Waals surface area contributed by atoms with Gasteiger partial charge in [-0.05, 0) is 22.6 Å². The summed E-state index contributed by atoms with van der Waals surface area (Å²) in [6.07, 6.45) is 1.48. The van der Waals surface area contributed by atoms with Crippen LogP contribution in [0.5, 0.6) is 0 Å². The van der Waals surface area contributed by atoms with E-state index >= 15 is 0 Å². The second-order valence-electron chi connectivity index (χ2n) is 1.63. The lowest BCUT2D eigenvalue weighted by atomic mass is 10.4. The number of rotatable bonds is 0. The summed E-state index contributed by atoms with van der Waals surface area (Å²) in [5, 5.41) is 0.711. The second-order valence-corrected chi connectivity index (χ2v) is 3.45. The molecule has 2 nitrogen and oxygen atoms in total. The van der Waals surface area contributed by atoms with Gasteiger partial charge in [-0.15, -0.1) is 0 Å². The molecule has 0 aromatic carbocycles. The first-order valence-electron chi connectivity index (χ1n) is 2.38. The number of pyridine rings is 1. The van der Waals surface area contributed by atoms with Crippen molar-refractivity contribution in [3.05, 3.63) is 19.9 Å². The number of nitrogen functional groups attached to an aromatic ring is 1. The first-order chi connectivity index (χ1) is 4.63. The molecule has 0 aliphatic carbocycles. The molecule has 0 saturated carbocycles. The molecule has 0 aliphatic heterocycles. The quantitative estimate of drug-likeness (QED) is 0.589. The van der Waals surface area contributed by atoms with Crippen LogP contribution < -0.4 is 5.73 Å². The molecule has 0 spiro atoms. The van der Waals surface area contributed by atoms with Gasteiger partial charge in [-0.1, -0.05) is 23.2 Å². The summed E-state index contributed by atoms with van der Waals surface area (Å²) < 4.78 is 0.749. The van der Waals surface area contributed by atoms with E-state index in [1.807, 2.05) is 22.6 Å². The first kappa shape index (κ1) is 8.36. The summed E-state index contributed by atoms with van der Waals surface area (Å²) in [5.74, 6) is 0. The molecule has 1 rings (SSSR count). The fourth-order valence-corrected chi connectivity index (χ4v) is 1.31. The molecule has 10 heavy (non-hydrogen) atoms. The molecule has 54 valence electrons. The summed E-state index contributed by atoms with van der Waals surface area (Å²) in [4.78, 5) is 3.74. The highest BCUT2D eigenvalue weighted by molar-refractivity contribution is 14.1. The Morgan fingerprint density at radius 2 is 2.10 bits per heavy atom. The van der Waals surface area contributed by atoms with Gasteiger partial charge >= 0.3 is 0 Å². The van der Waals surface area contributed by atoms with E-state index in [-0.39, 0.29) is 0 Å². The van der Waals surface area contributed by atoms with Crippen LogP contribution in [0.4, 0.5) is 5.69 Å². The maximum atomic E-state index is 5.70. The fraction of sp³-hybridized carbons (Fsp3) is 0. The molecule has 0 bridgehead atoms. The molecule has 2 N–H and O–H groups in total. The van der Waals surface area contributed by atoms with Gasteiger partial charge in [-0.2, -0.15) is 0 Å². The maximum Gasteiger partial charge on any atom is 0.148 e. The Kier molecular flexibility index (Phi) is 2.60. The topological polar surface area (TPSA) is 38.9 Å². The highest BCUT2D eigenvalue weighted by atomic mass is 127. The van der Waals surface area contributed by atoms with Crippen molar-refractivity contribution in [3.63, 3.8) is 0 Å². The van der Waals surface area contributed by atoms with Gasteiger partial charge in [0.2, 0.25) is 0 Å². The van der Waals surface area contributed by atoms with Crippen molar-refractivity contribution in [1.82, 2.24) is 4.98 Å². The third-order valence-corrected chi connectivity index (χ3v) is 3.18. The van der Waals surface area contributed by atoms with E-state index in [4.69, 9.17) is 28.9 Å². The minimum atomic E-state index is 0.292. The molecular weight excluding hydrogens is 286 g/mol. The highest BCUT2D eigenvalue weighted by Crippen LogP contribution is 2.28. The van der Waals surface area contributed by atoms with E-state index in [0.717, 1.165) is 3.57 Å². The summed E-state index contributed by atoms with van der Waals surface area (Å²) >= 11 is 13.3. The summed E-state index contributed by atoms with van der Waals surface area (Å²) in [6, 6.07) is 0. The van der Waals surface area contributed by atoms with Gasteiger partial charge in [0.25, 0.3) is 0 Å². The number of hydrogen-bond donors (Lipinski definition) is 1. The zero-order chi connectivity index (χ0) is 7.72. The molecule has 0 atom stereocenters. The molecule has 1 aromatic heterocycles. The van der Waals surface area contributed by atoms with Crippen molar-refractivity contribution in [2.75, 3.05) is 5.73 Å². The Morgan fingerprint density at radius 3 is 2.60 bits per heavy atom. The van der Waals surface area contributed by atoms with E-state index in [9.17, 15) is 0 Å². The predicted molar refractivity (Wildman–Crippen MR) is 51.4 cm³/mol. The van der Waals surface area contributed by atoms with Crippen LogP contribution in [0.15, 0.2) is 6.20 Å². The Bertz CT molecular complexity index is 237. The average molecular weight is 289 g/mol. The zero-order valence-electron chi connectivity index (χ0n) is 4.74. The fourth-order valence-electron chi connectivity index (χ4n) is 0.457. The van der Waals surface area contributed by atoms with Gasteiger partial charge in [-0.3, -0.25) is 0 Å². The van der Waals surface area contributed by atoms with Gasteiger partial charge in [0.05, 0.1) is 20.5 Å². The predicted octanol–water partition coefficient (Wildman–Crippen LogP) is 2.58. The number of aromatic nitrogens is 1. The van der Waals surface area contributed by atoms with Gasteiger partial charge in [0.15, 0.2) is 0 Å². The average Bonchev–Trinajstić information content (AvgIpc) is 1.93. The molecule has 0 amide bonds. The number of halogens is 3. The Hall–Kier alpha value is 0.260. The lowest BCUT2D eigenvalue weighted by Gasteiger charge is -1.99. The third-order valence-electron chi connectivity index (χ3n) is 0.944. The monoisotopic (exact) mass is 288 g/mol. The first-order valence-corrected chi connectivity index (χ1v) is 4.21. The minimum Gasteiger partial charge on any atom is -0.397 e. The smallest absolute Gasteiger partial charge is 0.148 e. The minimum absolute atomic E-state index is 0.292. The molecular formula is C5H3Cl2IN2. The van der Waals surface area contributed by atoms with Crippen molar-refractivity contribution in [2.24, 2.45) is 0 Å². The summed E-state index contributed by atoms with van der Waals surface area (Å²) in [6.45, 7) is 0. The number of nitrogens with two attached hydrogens (primary N) is 1. The van der Waals surface area contributed by atoms with E-state index in [1.165, 1.54) is 6.20 Å². The Balaban J connectivity index is 3.34. The summed E-state index contributed by atoms with van der Waals surface area (Å²) in [5.41, 5.74) is 6.03. The lowest BCUT2D eigenvalue weighted by Crippen LogP contribution is -1.91. The van der Waals surface area contributed by atoms with Crippen LogP contribution in [-0.4, -0.2) is 4.98 Å². The van der Waals surface area contributed by atoms with Gasteiger partial charge < -0.3 is 5.73 Å². The molecule has 1 aromatic rings. The van der Waals surface area contributed by atoms with Crippen LogP contribution in [0.1, 0.15) is 0 Å². The highest BCUT2D eigenvalue weighted by Gasteiger charge is 2.05. The van der Waals surface area contributed by atoms with Gasteiger partial charge in [0.1, 0.15) is 5.15 Å². The Morgan fingerprint density at radius 1 is 1.50 bits per heavy atom. The third kappa shape index (κ3) is 1.46. The number of anilines is 1. The zero-order valence-corrected chi connectivity index (χ0v) is 8.41. The molecule has 1 heterocycles. The normalized spacial score (nSPS) is 9.90. The van der Waals surface area contributed by atoms with E-state index in [1.54, 1.807) is 0 Å². The van der Waals surface area contributed by atoms with E-state index in [2.05, 4.69) is 4.98 Å². The van der Waals surface area contributed by atoms with Crippen molar-refractivity contribution in [2.45, 2.75) is 0 Å². The standard InChI is InChI=1S/C5H3Cl2IN2/c6-3-4(8)2(9)1-10-5(3)7/h1H,9H2. The number of nitrogens with zero attached hydrogens (tertiary/aromatic N) is 1. The van der Waals surface area contributed by atoms with Gasteiger partial charge in [-0.25, -0.2) is 4.98 Å². The van der Waals surface area contributed by atoms with Gasteiger partial charge in [0, 0.05) is 0 Å². The molecule has 5 heteroatoms. The molecule has 0 fully saturated rings. The van der Waals surface area contributed by atoms with Crippen LogP contribution in [0, 0.1) is 3.57 Å². The van der Waals surface area contributed by atoms with Crippen LogP contribution in [0.3, 0.4) is 0 Å². The molecule has 0 unspecified atom stereocenters. The lowest BCUT2D eigenvalue weighted by molar-refractivity contribution is 1.32. The van der Waals surface area contributed by atoms with Crippen molar-refractivity contribution >= 4 is 51.5 Å². The molecule has 0 radical (unpaired) electrons. The van der Waals surface area contributed by atoms with E-state index < -0.39 is 0 Å².